The molecular formula is C29H18O8. The van der Waals surface area contributed by atoms with Gasteiger partial charge in [-0.1, -0.05) is 42.5 Å². The first kappa shape index (κ1) is 22.4. The summed E-state index contributed by atoms with van der Waals surface area (Å²) in [5, 5.41) is 19.8. The molecule has 2 aromatic heterocycles. The number of hydrogen-bond acceptors (Lipinski definition) is 7. The van der Waals surface area contributed by atoms with Crippen molar-refractivity contribution in [2.75, 3.05) is 0 Å². The number of ether oxygens (including phenoxy) is 1. The van der Waals surface area contributed by atoms with Gasteiger partial charge in [0.1, 0.15) is 40.3 Å². The van der Waals surface area contributed by atoms with Gasteiger partial charge < -0.3 is 23.8 Å². The monoisotopic (exact) mass is 494 g/mol. The number of fused-ring (bicyclic) bond motifs is 3. The van der Waals surface area contributed by atoms with Crippen LogP contribution < -0.4 is 10.2 Å². The van der Waals surface area contributed by atoms with E-state index in [1.165, 1.54) is 24.5 Å². The zero-order chi connectivity index (χ0) is 25.7. The lowest BCUT2D eigenvalue weighted by atomic mass is 9.88. The Morgan fingerprint density at radius 1 is 0.919 bits per heavy atom. The molecule has 3 aromatic carbocycles. The van der Waals surface area contributed by atoms with Crippen LogP contribution in [0.3, 0.4) is 0 Å². The Balaban J connectivity index is 1.49. The van der Waals surface area contributed by atoms with Crippen molar-refractivity contribution in [1.82, 2.24) is 0 Å². The maximum absolute atomic E-state index is 13.4. The lowest BCUT2D eigenvalue weighted by molar-refractivity contribution is -0.135. The number of hydrogen-bond donors (Lipinski definition) is 2. The maximum atomic E-state index is 13.4. The van der Waals surface area contributed by atoms with Crippen LogP contribution in [0.5, 0.6) is 11.5 Å². The molecule has 0 unspecified atom stereocenters. The van der Waals surface area contributed by atoms with Crippen molar-refractivity contribution in [3.63, 3.8) is 0 Å². The van der Waals surface area contributed by atoms with Crippen molar-refractivity contribution in [2.45, 2.75) is 12.3 Å². The SMILES string of the molecule is O=C1C[C@@H](c2ccc(-c3ccc(C(=O)O)cc3)o2)c2c(cc(O)c3c(=O)c(-c4ccccc4)coc23)O1. The topological polar surface area (TPSA) is 127 Å². The van der Waals surface area contributed by atoms with Crippen molar-refractivity contribution < 1.29 is 33.4 Å². The number of carbonyl (C=O) groups is 2. The van der Waals surface area contributed by atoms with E-state index in [0.717, 1.165) is 0 Å². The summed E-state index contributed by atoms with van der Waals surface area (Å²) in [5.41, 5.74) is 1.86. The average Bonchev–Trinajstić information content (AvgIpc) is 3.39. The molecule has 1 aliphatic rings. The Hall–Kier alpha value is -5.11. The van der Waals surface area contributed by atoms with Gasteiger partial charge in [0.25, 0.3) is 0 Å². The summed E-state index contributed by atoms with van der Waals surface area (Å²) in [4.78, 5) is 37.0. The molecule has 1 aliphatic heterocycles. The third-order valence-corrected chi connectivity index (χ3v) is 6.44. The van der Waals surface area contributed by atoms with E-state index in [4.69, 9.17) is 18.7 Å². The van der Waals surface area contributed by atoms with Gasteiger partial charge in [-0.2, -0.15) is 0 Å². The van der Waals surface area contributed by atoms with Crippen molar-refractivity contribution >= 4 is 22.9 Å². The molecule has 5 aromatic rings. The van der Waals surface area contributed by atoms with Gasteiger partial charge in [0.15, 0.2) is 0 Å². The highest BCUT2D eigenvalue weighted by molar-refractivity contribution is 5.94. The summed E-state index contributed by atoms with van der Waals surface area (Å²) in [6, 6.07) is 19.9. The maximum Gasteiger partial charge on any atom is 0.335 e. The molecule has 0 spiro atoms. The molecule has 8 nitrogen and oxygen atoms in total. The number of phenols is 1. The smallest absolute Gasteiger partial charge is 0.335 e. The zero-order valence-electron chi connectivity index (χ0n) is 19.1. The van der Waals surface area contributed by atoms with E-state index in [9.17, 15) is 19.5 Å². The summed E-state index contributed by atoms with van der Waals surface area (Å²) in [6.45, 7) is 0. The number of aromatic hydroxyl groups is 1. The van der Waals surface area contributed by atoms with Gasteiger partial charge >= 0.3 is 11.9 Å². The first-order chi connectivity index (χ1) is 17.9. The van der Waals surface area contributed by atoms with Gasteiger partial charge in [0, 0.05) is 17.2 Å². The van der Waals surface area contributed by atoms with Crippen LogP contribution in [-0.2, 0) is 4.79 Å². The molecule has 0 radical (unpaired) electrons. The summed E-state index contributed by atoms with van der Waals surface area (Å²) in [6.07, 6.45) is 1.27. The van der Waals surface area contributed by atoms with Crippen molar-refractivity contribution in [1.29, 1.82) is 0 Å². The van der Waals surface area contributed by atoms with Gasteiger partial charge in [-0.3, -0.25) is 9.59 Å². The molecule has 0 bridgehead atoms. The normalized spacial score (nSPS) is 14.8. The molecule has 8 heteroatoms. The fourth-order valence-corrected chi connectivity index (χ4v) is 4.66. The third-order valence-electron chi connectivity index (χ3n) is 6.44. The Labute approximate surface area is 209 Å². The number of furan rings is 1. The molecule has 37 heavy (non-hydrogen) atoms. The summed E-state index contributed by atoms with van der Waals surface area (Å²) < 4.78 is 17.4. The molecule has 3 heterocycles. The van der Waals surface area contributed by atoms with Gasteiger partial charge in [0.2, 0.25) is 5.43 Å². The van der Waals surface area contributed by atoms with E-state index in [2.05, 4.69) is 0 Å². The van der Waals surface area contributed by atoms with E-state index in [-0.39, 0.29) is 40.0 Å². The number of carboxylic acid groups (broad SMARTS) is 1. The molecular weight excluding hydrogens is 476 g/mol. The van der Waals surface area contributed by atoms with Crippen LogP contribution in [-0.4, -0.2) is 22.2 Å². The minimum absolute atomic E-state index is 0.0147. The zero-order valence-corrected chi connectivity index (χ0v) is 19.1. The van der Waals surface area contributed by atoms with Crippen LogP contribution in [0.15, 0.2) is 92.7 Å². The van der Waals surface area contributed by atoms with E-state index in [0.29, 0.717) is 28.2 Å². The number of aromatic carboxylic acids is 1. The second kappa shape index (κ2) is 8.53. The van der Waals surface area contributed by atoms with Crippen LogP contribution >= 0.6 is 0 Å². The summed E-state index contributed by atoms with van der Waals surface area (Å²) in [5.74, 6) is -1.56. The fraction of sp³-hybridized carbons (Fsp3) is 0.0690. The molecule has 6 rings (SSSR count). The first-order valence-electron chi connectivity index (χ1n) is 11.4. The Bertz CT molecular complexity index is 1740. The van der Waals surface area contributed by atoms with Crippen LogP contribution in [0.1, 0.15) is 34.0 Å². The molecule has 2 N–H and O–H groups in total. The third kappa shape index (κ3) is 3.75. The summed E-state index contributed by atoms with van der Waals surface area (Å²) >= 11 is 0. The van der Waals surface area contributed by atoms with E-state index in [1.807, 2.05) is 6.07 Å². The second-order valence-corrected chi connectivity index (χ2v) is 8.67. The van der Waals surface area contributed by atoms with Crippen molar-refractivity contribution in [3.05, 3.63) is 106 Å². The first-order valence-corrected chi connectivity index (χ1v) is 11.4. The molecule has 0 saturated heterocycles. The Kier molecular flexibility index (Phi) is 5.15. The lowest BCUT2D eigenvalue weighted by Gasteiger charge is -2.24. The molecule has 0 amide bonds. The highest BCUT2D eigenvalue weighted by Crippen LogP contribution is 2.46. The predicted molar refractivity (Wildman–Crippen MR) is 133 cm³/mol. The number of phenolic OH excluding ortho intramolecular Hbond substituents is 1. The quantitative estimate of drug-likeness (QED) is 0.245. The van der Waals surface area contributed by atoms with Crippen molar-refractivity contribution in [2.24, 2.45) is 0 Å². The molecule has 0 aliphatic carbocycles. The lowest BCUT2D eigenvalue weighted by Crippen LogP contribution is -2.21. The van der Waals surface area contributed by atoms with Crippen LogP contribution in [0, 0.1) is 0 Å². The second-order valence-electron chi connectivity index (χ2n) is 8.67. The minimum Gasteiger partial charge on any atom is -0.507 e. The molecule has 0 fully saturated rings. The summed E-state index contributed by atoms with van der Waals surface area (Å²) in [7, 11) is 0. The molecule has 0 saturated carbocycles. The highest BCUT2D eigenvalue weighted by Gasteiger charge is 2.35. The Morgan fingerprint density at radius 3 is 2.41 bits per heavy atom. The number of carbonyl (C=O) groups excluding carboxylic acids is 1. The number of rotatable bonds is 4. The van der Waals surface area contributed by atoms with E-state index >= 15 is 0 Å². The minimum atomic E-state index is -1.03. The van der Waals surface area contributed by atoms with Crippen LogP contribution in [0.4, 0.5) is 0 Å². The number of benzene rings is 3. The predicted octanol–water partition coefficient (Wildman–Crippen LogP) is 5.56. The number of carboxylic acids is 1. The standard InChI is InChI=1S/C29H18O8/c30-20-13-23-25(28-26(20)27(32)19(14-35-28)15-4-2-1-3-5-15)18(12-24(31)37-23)22-11-10-21(36-22)16-6-8-17(9-7-16)29(33)34/h1-11,13-14,18,30H,12H2,(H,33,34)/t18-/m0/s1. The highest BCUT2D eigenvalue weighted by atomic mass is 16.5. The van der Waals surface area contributed by atoms with E-state index in [1.54, 1.807) is 48.5 Å². The van der Waals surface area contributed by atoms with Gasteiger partial charge in [0.05, 0.1) is 23.5 Å². The van der Waals surface area contributed by atoms with E-state index < -0.39 is 23.3 Å². The average molecular weight is 494 g/mol. The van der Waals surface area contributed by atoms with Crippen LogP contribution in [0.25, 0.3) is 33.4 Å². The largest absolute Gasteiger partial charge is 0.507 e. The van der Waals surface area contributed by atoms with Gasteiger partial charge in [-0.15, -0.1) is 0 Å². The number of esters is 1. The Morgan fingerprint density at radius 2 is 1.68 bits per heavy atom. The fourth-order valence-electron chi connectivity index (χ4n) is 4.66. The van der Waals surface area contributed by atoms with Gasteiger partial charge in [-0.05, 0) is 29.8 Å². The molecule has 182 valence electrons. The van der Waals surface area contributed by atoms with Crippen LogP contribution in [0.2, 0.25) is 0 Å². The molecule has 1 atom stereocenters. The van der Waals surface area contributed by atoms with Crippen molar-refractivity contribution in [3.8, 4) is 33.9 Å². The van der Waals surface area contributed by atoms with Gasteiger partial charge in [-0.25, -0.2) is 4.79 Å².